The predicted molar refractivity (Wildman–Crippen MR) is 90.6 cm³/mol. The minimum Gasteiger partial charge on any atom is -0.334 e. The molecule has 1 aliphatic heterocycles. The molecule has 0 radical (unpaired) electrons. The molecule has 23 heavy (non-hydrogen) atoms. The number of aromatic nitrogens is 2. The van der Waals surface area contributed by atoms with Gasteiger partial charge in [0.2, 0.25) is 0 Å². The van der Waals surface area contributed by atoms with Gasteiger partial charge in [-0.25, -0.2) is 4.68 Å². The van der Waals surface area contributed by atoms with Gasteiger partial charge in [0, 0.05) is 25.3 Å². The molecule has 122 valence electrons. The number of amides is 1. The molecule has 1 amide bonds. The van der Waals surface area contributed by atoms with Gasteiger partial charge in [0.05, 0.1) is 16.9 Å². The first-order valence-corrected chi connectivity index (χ1v) is 8.23. The van der Waals surface area contributed by atoms with E-state index in [0.717, 1.165) is 30.8 Å². The van der Waals surface area contributed by atoms with Crippen molar-refractivity contribution in [3.8, 4) is 5.69 Å². The van der Waals surface area contributed by atoms with Gasteiger partial charge in [-0.15, -0.1) is 0 Å². The van der Waals surface area contributed by atoms with Crippen molar-refractivity contribution >= 4 is 5.91 Å². The van der Waals surface area contributed by atoms with Gasteiger partial charge < -0.3 is 10.6 Å². The van der Waals surface area contributed by atoms with Crippen molar-refractivity contribution in [2.45, 2.75) is 32.7 Å². The molecule has 2 N–H and O–H groups in total. The van der Waals surface area contributed by atoms with Gasteiger partial charge >= 0.3 is 0 Å². The molecule has 0 saturated carbocycles. The summed E-state index contributed by atoms with van der Waals surface area (Å²) in [6.45, 7) is 5.40. The first-order chi connectivity index (χ1) is 11.1. The predicted octanol–water partition coefficient (Wildman–Crippen LogP) is 2.38. The Hall–Kier alpha value is -2.14. The van der Waals surface area contributed by atoms with E-state index >= 15 is 0 Å². The molecule has 1 saturated heterocycles. The van der Waals surface area contributed by atoms with Crippen LogP contribution >= 0.6 is 0 Å². The zero-order chi connectivity index (χ0) is 16.4. The lowest BCUT2D eigenvalue weighted by Crippen LogP contribution is -2.49. The van der Waals surface area contributed by atoms with E-state index in [-0.39, 0.29) is 11.9 Å². The van der Waals surface area contributed by atoms with Crippen molar-refractivity contribution in [2.75, 3.05) is 13.1 Å². The number of piperidine rings is 1. The number of carbonyl (C=O) groups is 1. The van der Waals surface area contributed by atoms with Crippen molar-refractivity contribution in [2.24, 2.45) is 11.7 Å². The smallest absolute Gasteiger partial charge is 0.257 e. The fourth-order valence-electron chi connectivity index (χ4n) is 3.28. The molecule has 5 nitrogen and oxygen atoms in total. The van der Waals surface area contributed by atoms with Gasteiger partial charge in [-0.2, -0.15) is 5.10 Å². The zero-order valence-electron chi connectivity index (χ0n) is 13.8. The van der Waals surface area contributed by atoms with E-state index in [1.165, 1.54) is 0 Å². The van der Waals surface area contributed by atoms with Crippen LogP contribution in [0.25, 0.3) is 5.69 Å². The molecule has 0 aliphatic carbocycles. The number of aryl methyl sites for hydroxylation is 1. The first kappa shape index (κ1) is 15.7. The second-order valence-electron chi connectivity index (χ2n) is 6.43. The summed E-state index contributed by atoms with van der Waals surface area (Å²) < 4.78 is 1.77. The molecule has 5 heteroatoms. The summed E-state index contributed by atoms with van der Waals surface area (Å²) in [4.78, 5) is 14.9. The third-order valence-corrected chi connectivity index (χ3v) is 4.66. The highest BCUT2D eigenvalue weighted by molar-refractivity contribution is 5.95. The number of carbonyl (C=O) groups excluding carboxylic acids is 1. The average molecular weight is 312 g/mol. The van der Waals surface area contributed by atoms with Gasteiger partial charge in [-0.3, -0.25) is 4.79 Å². The Morgan fingerprint density at radius 1 is 1.35 bits per heavy atom. The average Bonchev–Trinajstić information content (AvgIpc) is 2.97. The zero-order valence-corrected chi connectivity index (χ0v) is 13.8. The summed E-state index contributed by atoms with van der Waals surface area (Å²) in [5.41, 5.74) is 8.27. The fourth-order valence-corrected chi connectivity index (χ4v) is 3.28. The van der Waals surface area contributed by atoms with Crippen LogP contribution in [0.15, 0.2) is 36.5 Å². The minimum absolute atomic E-state index is 0.0482. The maximum atomic E-state index is 13.0. The molecule has 0 spiro atoms. The second kappa shape index (κ2) is 6.54. The Kier molecular flexibility index (Phi) is 4.48. The molecule has 2 aromatic rings. The highest BCUT2D eigenvalue weighted by atomic mass is 16.2. The topological polar surface area (TPSA) is 64.2 Å². The van der Waals surface area contributed by atoms with Gasteiger partial charge in [0.1, 0.15) is 0 Å². The molecule has 3 rings (SSSR count). The standard InChI is InChI=1S/C18H24N4O/c1-13-8-9-21(16(10-13)11-19)18(23)17-12-22(20-14(17)2)15-6-4-3-5-7-15/h3-7,12-13,16H,8-11,19H2,1-2H3. The van der Waals surface area contributed by atoms with E-state index in [1.807, 2.05) is 48.4 Å². The number of hydrogen-bond acceptors (Lipinski definition) is 3. The molecule has 2 unspecified atom stereocenters. The second-order valence-corrected chi connectivity index (χ2v) is 6.43. The normalized spacial score (nSPS) is 21.4. The summed E-state index contributed by atoms with van der Waals surface area (Å²) in [5.74, 6) is 0.674. The van der Waals surface area contributed by atoms with Crippen molar-refractivity contribution in [1.29, 1.82) is 0 Å². The highest BCUT2D eigenvalue weighted by Crippen LogP contribution is 2.24. The van der Waals surface area contributed by atoms with Crippen LogP contribution in [-0.2, 0) is 0 Å². The molecular formula is C18H24N4O. The Morgan fingerprint density at radius 3 is 2.78 bits per heavy atom. The molecule has 1 aromatic heterocycles. The summed E-state index contributed by atoms with van der Waals surface area (Å²) in [6.07, 6.45) is 3.85. The van der Waals surface area contributed by atoms with E-state index in [2.05, 4.69) is 12.0 Å². The Bertz CT molecular complexity index is 680. The van der Waals surface area contributed by atoms with E-state index in [4.69, 9.17) is 5.73 Å². The van der Waals surface area contributed by atoms with Crippen LogP contribution in [0, 0.1) is 12.8 Å². The molecule has 2 atom stereocenters. The van der Waals surface area contributed by atoms with Gasteiger partial charge in [-0.1, -0.05) is 25.1 Å². The SMILES string of the molecule is Cc1nn(-c2ccccc2)cc1C(=O)N1CCC(C)CC1CN. The molecule has 1 aromatic carbocycles. The van der Waals surface area contributed by atoms with E-state index in [9.17, 15) is 4.79 Å². The summed E-state index contributed by atoms with van der Waals surface area (Å²) in [5, 5.41) is 4.50. The number of likely N-dealkylation sites (tertiary alicyclic amines) is 1. The maximum absolute atomic E-state index is 13.0. The molecule has 1 fully saturated rings. The van der Waals surface area contributed by atoms with Crippen LogP contribution in [0.5, 0.6) is 0 Å². The van der Waals surface area contributed by atoms with Crippen LogP contribution in [0.1, 0.15) is 35.8 Å². The molecular weight excluding hydrogens is 288 g/mol. The Morgan fingerprint density at radius 2 is 2.09 bits per heavy atom. The van der Waals surface area contributed by atoms with Crippen LogP contribution in [0.2, 0.25) is 0 Å². The van der Waals surface area contributed by atoms with Crippen LogP contribution < -0.4 is 5.73 Å². The Labute approximate surface area is 137 Å². The van der Waals surface area contributed by atoms with Gasteiger partial charge in [-0.05, 0) is 37.8 Å². The minimum atomic E-state index is 0.0482. The number of nitrogens with zero attached hydrogens (tertiary/aromatic N) is 3. The van der Waals surface area contributed by atoms with Gasteiger partial charge in [0.15, 0.2) is 0 Å². The van der Waals surface area contributed by atoms with Crippen molar-refractivity contribution in [3.05, 3.63) is 47.8 Å². The number of para-hydroxylation sites is 1. The van der Waals surface area contributed by atoms with E-state index in [1.54, 1.807) is 4.68 Å². The maximum Gasteiger partial charge on any atom is 0.257 e. The monoisotopic (exact) mass is 312 g/mol. The highest BCUT2D eigenvalue weighted by Gasteiger charge is 2.31. The summed E-state index contributed by atoms with van der Waals surface area (Å²) in [7, 11) is 0. The number of benzene rings is 1. The van der Waals surface area contributed by atoms with E-state index < -0.39 is 0 Å². The van der Waals surface area contributed by atoms with Crippen LogP contribution in [-0.4, -0.2) is 39.7 Å². The number of hydrogen-bond donors (Lipinski definition) is 1. The van der Waals surface area contributed by atoms with Crippen LogP contribution in [0.3, 0.4) is 0 Å². The number of nitrogens with two attached hydrogens (primary N) is 1. The third-order valence-electron chi connectivity index (χ3n) is 4.66. The number of rotatable bonds is 3. The molecule has 1 aliphatic rings. The third kappa shape index (κ3) is 3.15. The van der Waals surface area contributed by atoms with Crippen molar-refractivity contribution in [1.82, 2.24) is 14.7 Å². The van der Waals surface area contributed by atoms with Crippen molar-refractivity contribution < 1.29 is 4.79 Å². The van der Waals surface area contributed by atoms with Crippen molar-refractivity contribution in [3.63, 3.8) is 0 Å². The lowest BCUT2D eigenvalue weighted by Gasteiger charge is -2.37. The molecule has 2 heterocycles. The fraction of sp³-hybridized carbons (Fsp3) is 0.444. The lowest BCUT2D eigenvalue weighted by molar-refractivity contribution is 0.0573. The van der Waals surface area contributed by atoms with E-state index in [0.29, 0.717) is 18.0 Å². The molecule has 0 bridgehead atoms. The van der Waals surface area contributed by atoms with Gasteiger partial charge in [0.25, 0.3) is 5.91 Å². The van der Waals surface area contributed by atoms with Crippen LogP contribution in [0.4, 0.5) is 0 Å². The quantitative estimate of drug-likeness (QED) is 0.946. The lowest BCUT2D eigenvalue weighted by atomic mass is 9.92. The summed E-state index contributed by atoms with van der Waals surface area (Å²) in [6, 6.07) is 9.98. The summed E-state index contributed by atoms with van der Waals surface area (Å²) >= 11 is 0. The largest absolute Gasteiger partial charge is 0.334 e. The first-order valence-electron chi connectivity index (χ1n) is 8.23. The Balaban J connectivity index is 1.87.